The number of amides is 1. The summed E-state index contributed by atoms with van der Waals surface area (Å²) in [5.41, 5.74) is 4.41. The second-order valence-electron chi connectivity index (χ2n) is 11.1. The Morgan fingerprint density at radius 3 is 2.21 bits per heavy atom. The SMILES string of the molecule is CC(=O)O[C@@H](C)C(=O)NCc1ccc([C@@H]2O[C@H](CN(C)[C@@H](C)[C@H](O)c3ccccc3)C[C@H](c3ccc(CO)cc3)O2)cc1. The summed E-state index contributed by atoms with van der Waals surface area (Å²) in [6, 6.07) is 24.9. The van der Waals surface area contributed by atoms with Crippen LogP contribution in [0.5, 0.6) is 0 Å². The predicted molar refractivity (Wildman–Crippen MR) is 161 cm³/mol. The quantitative estimate of drug-likeness (QED) is 0.267. The summed E-state index contributed by atoms with van der Waals surface area (Å²) >= 11 is 0. The van der Waals surface area contributed by atoms with E-state index in [0.717, 1.165) is 27.8 Å². The molecule has 0 saturated carbocycles. The third-order valence-electron chi connectivity index (χ3n) is 7.83. The van der Waals surface area contributed by atoms with Crippen LogP contribution < -0.4 is 5.32 Å². The summed E-state index contributed by atoms with van der Waals surface area (Å²) in [5.74, 6) is -0.875. The standard InChI is InChI=1S/C34H42N2O7/c1-22(32(39)28-8-6-5-7-9-28)36(4)20-30-18-31(27-14-12-26(21-37)13-15-27)43-34(42-30)29-16-10-25(11-17-29)19-35-33(40)23(2)41-24(3)38/h5-17,22-23,30-32,34,37,39H,18-21H2,1-4H3,(H,35,40)/t22-,23-,30-,31+,32-,34+/m0/s1. The molecule has 4 rings (SSSR count). The van der Waals surface area contributed by atoms with Crippen molar-refractivity contribution >= 4 is 11.9 Å². The van der Waals surface area contributed by atoms with Crippen LogP contribution >= 0.6 is 0 Å². The van der Waals surface area contributed by atoms with Crippen LogP contribution in [0.3, 0.4) is 0 Å². The van der Waals surface area contributed by atoms with E-state index in [0.29, 0.717) is 13.0 Å². The minimum absolute atomic E-state index is 0.0257. The third kappa shape index (κ3) is 8.95. The molecule has 0 radical (unpaired) electrons. The molecule has 6 atom stereocenters. The van der Waals surface area contributed by atoms with Gasteiger partial charge in [-0.15, -0.1) is 0 Å². The molecule has 0 bridgehead atoms. The van der Waals surface area contributed by atoms with Crippen LogP contribution in [0, 0.1) is 0 Å². The summed E-state index contributed by atoms with van der Waals surface area (Å²) in [5, 5.41) is 23.3. The molecule has 1 heterocycles. The lowest BCUT2D eigenvalue weighted by atomic mass is 9.98. The van der Waals surface area contributed by atoms with E-state index in [4.69, 9.17) is 14.2 Å². The summed E-state index contributed by atoms with van der Waals surface area (Å²) in [7, 11) is 1.99. The highest BCUT2D eigenvalue weighted by atomic mass is 16.7. The van der Waals surface area contributed by atoms with E-state index < -0.39 is 24.5 Å². The van der Waals surface area contributed by atoms with Crippen LogP contribution in [-0.4, -0.2) is 58.8 Å². The van der Waals surface area contributed by atoms with Crippen LogP contribution in [0.2, 0.25) is 0 Å². The minimum atomic E-state index is -0.865. The summed E-state index contributed by atoms with van der Waals surface area (Å²) in [6.45, 7) is 5.64. The van der Waals surface area contributed by atoms with Crippen molar-refractivity contribution in [3.05, 3.63) is 107 Å². The normalized spacial score (nSPS) is 20.7. The van der Waals surface area contributed by atoms with E-state index in [9.17, 15) is 19.8 Å². The van der Waals surface area contributed by atoms with Gasteiger partial charge in [-0.2, -0.15) is 0 Å². The van der Waals surface area contributed by atoms with E-state index in [1.165, 1.54) is 13.8 Å². The molecule has 3 N–H and O–H groups in total. The number of aliphatic hydroxyl groups excluding tert-OH is 2. The Balaban J connectivity index is 1.46. The van der Waals surface area contributed by atoms with Crippen molar-refractivity contribution in [1.82, 2.24) is 10.2 Å². The topological polar surface area (TPSA) is 118 Å². The molecule has 230 valence electrons. The zero-order valence-electron chi connectivity index (χ0n) is 25.2. The first-order valence-corrected chi connectivity index (χ1v) is 14.6. The van der Waals surface area contributed by atoms with Gasteiger partial charge < -0.3 is 29.7 Å². The lowest BCUT2D eigenvalue weighted by molar-refractivity contribution is -0.253. The number of carbonyl (C=O) groups excluding carboxylic acids is 2. The number of nitrogens with one attached hydrogen (secondary N) is 1. The molecule has 1 amide bonds. The highest BCUT2D eigenvalue weighted by Crippen LogP contribution is 2.38. The fourth-order valence-electron chi connectivity index (χ4n) is 5.12. The number of ether oxygens (including phenoxy) is 3. The Labute approximate surface area is 253 Å². The lowest BCUT2D eigenvalue weighted by Crippen LogP contribution is -2.43. The molecule has 43 heavy (non-hydrogen) atoms. The molecule has 0 unspecified atom stereocenters. The molecule has 0 aliphatic carbocycles. The van der Waals surface area contributed by atoms with Gasteiger partial charge in [0.25, 0.3) is 5.91 Å². The first kappa shape index (κ1) is 32.3. The maximum atomic E-state index is 12.2. The Morgan fingerprint density at radius 1 is 0.953 bits per heavy atom. The summed E-state index contributed by atoms with van der Waals surface area (Å²) in [6.07, 6.45) is -1.93. The first-order valence-electron chi connectivity index (χ1n) is 14.6. The molecular formula is C34H42N2O7. The van der Waals surface area contributed by atoms with Crippen LogP contribution in [0.4, 0.5) is 0 Å². The number of aliphatic hydroxyl groups is 2. The van der Waals surface area contributed by atoms with E-state index >= 15 is 0 Å². The number of likely N-dealkylation sites (N-methyl/N-ethyl adjacent to an activating group) is 1. The maximum absolute atomic E-state index is 12.2. The molecule has 1 saturated heterocycles. The fraction of sp³-hybridized carbons (Fsp3) is 0.412. The van der Waals surface area contributed by atoms with Gasteiger partial charge in [0.15, 0.2) is 12.4 Å². The highest BCUT2D eigenvalue weighted by molar-refractivity contribution is 5.82. The van der Waals surface area contributed by atoms with Gasteiger partial charge in [-0.1, -0.05) is 78.9 Å². The lowest BCUT2D eigenvalue weighted by Gasteiger charge is -2.39. The largest absolute Gasteiger partial charge is 0.453 e. The number of hydrogen-bond acceptors (Lipinski definition) is 8. The monoisotopic (exact) mass is 590 g/mol. The average Bonchev–Trinajstić information content (AvgIpc) is 3.03. The summed E-state index contributed by atoms with van der Waals surface area (Å²) < 4.78 is 17.9. The number of rotatable bonds is 12. The van der Waals surface area contributed by atoms with E-state index in [-0.39, 0.29) is 37.3 Å². The van der Waals surface area contributed by atoms with Gasteiger partial charge in [0.1, 0.15) is 0 Å². The van der Waals surface area contributed by atoms with Gasteiger partial charge >= 0.3 is 5.97 Å². The average molecular weight is 591 g/mol. The van der Waals surface area contributed by atoms with Crippen LogP contribution in [0.15, 0.2) is 78.9 Å². The van der Waals surface area contributed by atoms with Crippen molar-refractivity contribution in [3.8, 4) is 0 Å². The summed E-state index contributed by atoms with van der Waals surface area (Å²) in [4.78, 5) is 25.4. The van der Waals surface area contributed by atoms with E-state index in [2.05, 4.69) is 10.2 Å². The highest BCUT2D eigenvalue weighted by Gasteiger charge is 2.34. The van der Waals surface area contributed by atoms with Gasteiger partial charge in [-0.25, -0.2) is 0 Å². The van der Waals surface area contributed by atoms with Crippen LogP contribution in [-0.2, 0) is 37.0 Å². The van der Waals surface area contributed by atoms with Crippen molar-refractivity contribution in [2.45, 2.75) is 77.1 Å². The maximum Gasteiger partial charge on any atom is 0.303 e. The van der Waals surface area contributed by atoms with Crippen molar-refractivity contribution in [2.24, 2.45) is 0 Å². The number of benzene rings is 3. The van der Waals surface area contributed by atoms with Crippen molar-refractivity contribution in [2.75, 3.05) is 13.6 Å². The Hall–Kier alpha value is -3.60. The Morgan fingerprint density at radius 2 is 1.58 bits per heavy atom. The zero-order valence-corrected chi connectivity index (χ0v) is 25.2. The Bertz CT molecular complexity index is 1320. The number of carbonyl (C=O) groups is 2. The molecule has 0 aromatic heterocycles. The second kappa shape index (κ2) is 15.2. The Kier molecular flexibility index (Phi) is 11.4. The fourth-order valence-corrected chi connectivity index (χ4v) is 5.12. The molecule has 1 aliphatic heterocycles. The minimum Gasteiger partial charge on any atom is -0.453 e. The van der Waals surface area contributed by atoms with Crippen LogP contribution in [0.25, 0.3) is 0 Å². The van der Waals surface area contributed by atoms with Gasteiger partial charge in [0.05, 0.1) is 24.9 Å². The van der Waals surface area contributed by atoms with Gasteiger partial charge in [-0.05, 0) is 43.1 Å². The smallest absolute Gasteiger partial charge is 0.303 e. The zero-order chi connectivity index (χ0) is 30.9. The van der Waals surface area contributed by atoms with E-state index in [1.54, 1.807) is 0 Å². The third-order valence-corrected chi connectivity index (χ3v) is 7.83. The van der Waals surface area contributed by atoms with Gasteiger partial charge in [-0.3, -0.25) is 14.5 Å². The molecule has 3 aromatic carbocycles. The molecule has 0 spiro atoms. The van der Waals surface area contributed by atoms with Crippen molar-refractivity contribution in [3.63, 3.8) is 0 Å². The first-order chi connectivity index (χ1) is 20.6. The molecular weight excluding hydrogens is 548 g/mol. The number of esters is 1. The number of hydrogen-bond donors (Lipinski definition) is 3. The second-order valence-corrected chi connectivity index (χ2v) is 11.1. The molecule has 1 fully saturated rings. The van der Waals surface area contributed by atoms with E-state index in [1.807, 2.05) is 92.8 Å². The predicted octanol–water partition coefficient (Wildman–Crippen LogP) is 4.35. The molecule has 9 heteroatoms. The van der Waals surface area contributed by atoms with Gasteiger partial charge in [0, 0.05) is 38.0 Å². The van der Waals surface area contributed by atoms with Crippen molar-refractivity contribution in [1.29, 1.82) is 0 Å². The number of nitrogens with zero attached hydrogens (tertiary/aromatic N) is 1. The van der Waals surface area contributed by atoms with Crippen LogP contribution in [0.1, 0.15) is 73.5 Å². The van der Waals surface area contributed by atoms with Gasteiger partial charge in [0.2, 0.25) is 0 Å². The molecule has 1 aliphatic rings. The van der Waals surface area contributed by atoms with Crippen molar-refractivity contribution < 1.29 is 34.0 Å². The molecule has 3 aromatic rings. The molecule has 9 nitrogen and oxygen atoms in total.